The summed E-state index contributed by atoms with van der Waals surface area (Å²) in [5, 5.41) is 11.0. The molecule has 0 spiro atoms. The summed E-state index contributed by atoms with van der Waals surface area (Å²) in [6.07, 6.45) is 0. The van der Waals surface area contributed by atoms with Crippen LogP contribution in [0.2, 0.25) is 0 Å². The molecule has 162 valence electrons. The number of esters is 1. The molecule has 1 aliphatic heterocycles. The van der Waals surface area contributed by atoms with Gasteiger partial charge in [0.25, 0.3) is 11.7 Å². The first-order chi connectivity index (χ1) is 14.9. The average Bonchev–Trinajstić information content (AvgIpc) is 3.06. The van der Waals surface area contributed by atoms with E-state index in [4.69, 9.17) is 14.2 Å². The van der Waals surface area contributed by atoms with E-state index >= 15 is 0 Å². The van der Waals surface area contributed by atoms with E-state index in [-0.39, 0.29) is 24.5 Å². The van der Waals surface area contributed by atoms with E-state index in [2.05, 4.69) is 0 Å². The Morgan fingerprint density at radius 2 is 1.74 bits per heavy atom. The Balaban J connectivity index is 2.13. The SMILES string of the molecule is COCCN1C(=O)C(=O)C(=C(O)c2cccc(OC)c2)C1c1ccc(C(=O)OC)cc1. The predicted octanol–water partition coefficient (Wildman–Crippen LogP) is 2.55. The molecule has 1 fully saturated rings. The molecule has 1 saturated heterocycles. The Morgan fingerprint density at radius 3 is 2.35 bits per heavy atom. The number of aliphatic hydroxyl groups excluding tert-OH is 1. The molecule has 1 heterocycles. The zero-order chi connectivity index (χ0) is 22.5. The normalized spacial score (nSPS) is 17.6. The lowest BCUT2D eigenvalue weighted by Crippen LogP contribution is -2.32. The van der Waals surface area contributed by atoms with Gasteiger partial charge in [-0.15, -0.1) is 0 Å². The number of methoxy groups -OCH3 is 3. The minimum Gasteiger partial charge on any atom is -0.507 e. The van der Waals surface area contributed by atoms with Crippen LogP contribution in [0.5, 0.6) is 5.75 Å². The zero-order valence-electron chi connectivity index (χ0n) is 17.5. The summed E-state index contributed by atoms with van der Waals surface area (Å²) in [7, 11) is 4.27. The van der Waals surface area contributed by atoms with Crippen molar-refractivity contribution in [2.75, 3.05) is 34.5 Å². The average molecular weight is 425 g/mol. The van der Waals surface area contributed by atoms with Gasteiger partial charge in [0.2, 0.25) is 0 Å². The molecule has 8 heteroatoms. The second-order valence-corrected chi connectivity index (χ2v) is 6.83. The molecule has 1 N–H and O–H groups in total. The zero-order valence-corrected chi connectivity index (χ0v) is 17.5. The number of carbonyl (C=O) groups is 3. The minimum atomic E-state index is -0.840. The number of nitrogens with zero attached hydrogens (tertiary/aromatic N) is 1. The first-order valence-electron chi connectivity index (χ1n) is 9.53. The van der Waals surface area contributed by atoms with Gasteiger partial charge in [-0.05, 0) is 29.8 Å². The van der Waals surface area contributed by atoms with Gasteiger partial charge in [-0.25, -0.2) is 4.79 Å². The first-order valence-corrected chi connectivity index (χ1v) is 9.53. The van der Waals surface area contributed by atoms with Gasteiger partial charge < -0.3 is 24.2 Å². The third kappa shape index (κ3) is 4.29. The minimum absolute atomic E-state index is 0.0415. The van der Waals surface area contributed by atoms with E-state index in [0.717, 1.165) is 0 Å². The number of hydrogen-bond acceptors (Lipinski definition) is 7. The molecular weight excluding hydrogens is 402 g/mol. The fourth-order valence-corrected chi connectivity index (χ4v) is 3.49. The third-order valence-corrected chi connectivity index (χ3v) is 5.07. The molecule has 0 saturated carbocycles. The van der Waals surface area contributed by atoms with Crippen molar-refractivity contribution in [3.05, 3.63) is 70.8 Å². The quantitative estimate of drug-likeness (QED) is 0.315. The maximum atomic E-state index is 12.9. The lowest BCUT2D eigenvalue weighted by molar-refractivity contribution is -0.140. The number of Topliss-reactive ketones (excluding diaryl/α,β-unsaturated/α-hetero) is 1. The van der Waals surface area contributed by atoms with Crippen LogP contribution in [0.25, 0.3) is 5.76 Å². The third-order valence-electron chi connectivity index (χ3n) is 5.07. The van der Waals surface area contributed by atoms with Crippen LogP contribution in [0, 0.1) is 0 Å². The van der Waals surface area contributed by atoms with Crippen LogP contribution in [0.3, 0.4) is 0 Å². The molecule has 2 aromatic rings. The molecule has 1 aliphatic rings. The van der Waals surface area contributed by atoms with Gasteiger partial charge in [0, 0.05) is 19.2 Å². The van der Waals surface area contributed by atoms with E-state index in [0.29, 0.717) is 22.4 Å². The number of rotatable bonds is 7. The van der Waals surface area contributed by atoms with E-state index < -0.39 is 23.7 Å². The molecule has 0 aliphatic carbocycles. The van der Waals surface area contributed by atoms with Crippen molar-refractivity contribution in [3.8, 4) is 5.75 Å². The van der Waals surface area contributed by atoms with E-state index in [1.807, 2.05) is 0 Å². The van der Waals surface area contributed by atoms with Gasteiger partial charge in [-0.3, -0.25) is 9.59 Å². The predicted molar refractivity (Wildman–Crippen MR) is 112 cm³/mol. The molecule has 3 rings (SSSR count). The summed E-state index contributed by atoms with van der Waals surface area (Å²) in [6.45, 7) is 0.363. The Labute approximate surface area is 179 Å². The van der Waals surface area contributed by atoms with Crippen LogP contribution in [0.15, 0.2) is 54.1 Å². The second kappa shape index (κ2) is 9.44. The fourth-order valence-electron chi connectivity index (χ4n) is 3.49. The number of ether oxygens (including phenoxy) is 3. The molecule has 0 aromatic heterocycles. The second-order valence-electron chi connectivity index (χ2n) is 6.83. The first kappa shape index (κ1) is 22.0. The Kier molecular flexibility index (Phi) is 6.71. The number of carbonyl (C=O) groups excluding carboxylic acids is 3. The summed E-state index contributed by atoms with van der Waals surface area (Å²) in [5.41, 5.74) is 1.20. The number of amides is 1. The molecule has 8 nitrogen and oxygen atoms in total. The van der Waals surface area contributed by atoms with E-state index in [1.165, 1.54) is 26.2 Å². The number of aliphatic hydroxyl groups is 1. The van der Waals surface area contributed by atoms with Gasteiger partial charge in [-0.1, -0.05) is 24.3 Å². The van der Waals surface area contributed by atoms with Crippen LogP contribution >= 0.6 is 0 Å². The highest BCUT2D eigenvalue weighted by molar-refractivity contribution is 6.46. The summed E-state index contributed by atoms with van der Waals surface area (Å²) in [4.78, 5) is 38.8. The Bertz CT molecular complexity index is 1030. The maximum absolute atomic E-state index is 12.9. The molecule has 1 unspecified atom stereocenters. The highest BCUT2D eigenvalue weighted by Gasteiger charge is 2.45. The molecule has 1 amide bonds. The highest BCUT2D eigenvalue weighted by Crippen LogP contribution is 2.39. The van der Waals surface area contributed by atoms with Gasteiger partial charge in [0.15, 0.2) is 0 Å². The van der Waals surface area contributed by atoms with Gasteiger partial charge in [-0.2, -0.15) is 0 Å². The fraction of sp³-hybridized carbons (Fsp3) is 0.261. The molecule has 1 atom stereocenters. The summed E-state index contributed by atoms with van der Waals surface area (Å²) in [5.74, 6) is -1.84. The largest absolute Gasteiger partial charge is 0.507 e. The molecule has 31 heavy (non-hydrogen) atoms. The van der Waals surface area contributed by atoms with Crippen LogP contribution in [-0.2, 0) is 19.1 Å². The van der Waals surface area contributed by atoms with Crippen LogP contribution in [-0.4, -0.2) is 62.1 Å². The molecule has 2 aromatic carbocycles. The summed E-state index contributed by atoms with van der Waals surface area (Å²) >= 11 is 0. The lowest BCUT2D eigenvalue weighted by Gasteiger charge is -2.25. The number of likely N-dealkylation sites (tertiary alicyclic amines) is 1. The summed E-state index contributed by atoms with van der Waals surface area (Å²) in [6, 6.07) is 12.1. The van der Waals surface area contributed by atoms with Crippen molar-refractivity contribution < 1.29 is 33.7 Å². The standard InChI is InChI=1S/C23H23NO7/c1-29-12-11-24-19(14-7-9-15(10-8-14)23(28)31-3)18(21(26)22(24)27)20(25)16-5-4-6-17(13-16)30-2/h4-10,13,19,25H,11-12H2,1-3H3. The van der Waals surface area contributed by atoms with Crippen molar-refractivity contribution in [2.24, 2.45) is 0 Å². The van der Waals surface area contributed by atoms with Gasteiger partial charge in [0.1, 0.15) is 11.5 Å². The highest BCUT2D eigenvalue weighted by atomic mass is 16.5. The summed E-state index contributed by atoms with van der Waals surface area (Å²) < 4.78 is 15.0. The Morgan fingerprint density at radius 1 is 1.03 bits per heavy atom. The smallest absolute Gasteiger partial charge is 0.337 e. The van der Waals surface area contributed by atoms with Crippen molar-refractivity contribution in [1.82, 2.24) is 4.90 Å². The van der Waals surface area contributed by atoms with Gasteiger partial charge >= 0.3 is 5.97 Å². The Hall–Kier alpha value is -3.65. The van der Waals surface area contributed by atoms with E-state index in [1.54, 1.807) is 48.5 Å². The van der Waals surface area contributed by atoms with Gasteiger partial charge in [0.05, 0.1) is 38.0 Å². The topological polar surface area (TPSA) is 102 Å². The van der Waals surface area contributed by atoms with Crippen molar-refractivity contribution in [3.63, 3.8) is 0 Å². The van der Waals surface area contributed by atoms with Crippen molar-refractivity contribution in [2.45, 2.75) is 6.04 Å². The lowest BCUT2D eigenvalue weighted by atomic mass is 9.94. The molecule has 0 bridgehead atoms. The monoisotopic (exact) mass is 425 g/mol. The van der Waals surface area contributed by atoms with Crippen LogP contribution in [0.4, 0.5) is 0 Å². The number of benzene rings is 2. The van der Waals surface area contributed by atoms with Crippen LogP contribution < -0.4 is 4.74 Å². The van der Waals surface area contributed by atoms with Crippen molar-refractivity contribution in [1.29, 1.82) is 0 Å². The van der Waals surface area contributed by atoms with Crippen molar-refractivity contribution >= 4 is 23.4 Å². The molecular formula is C23H23NO7. The number of ketones is 1. The number of hydrogen-bond donors (Lipinski definition) is 1. The van der Waals surface area contributed by atoms with E-state index in [9.17, 15) is 19.5 Å². The maximum Gasteiger partial charge on any atom is 0.337 e. The molecule has 0 radical (unpaired) electrons. The van der Waals surface area contributed by atoms with Crippen LogP contribution in [0.1, 0.15) is 27.5 Å².